The lowest BCUT2D eigenvalue weighted by molar-refractivity contribution is 0.0664. The van der Waals surface area contributed by atoms with E-state index in [0.717, 1.165) is 37.7 Å². The van der Waals surface area contributed by atoms with Gasteiger partial charge in [-0.15, -0.1) is 11.3 Å². The van der Waals surface area contributed by atoms with E-state index in [1.807, 2.05) is 0 Å². The third-order valence-electron chi connectivity index (χ3n) is 2.56. The molecule has 0 spiro atoms. The summed E-state index contributed by atoms with van der Waals surface area (Å²) in [6.07, 6.45) is 2.34. The first-order valence-electron chi connectivity index (χ1n) is 5.30. The van der Waals surface area contributed by atoms with E-state index < -0.39 is 0 Å². The number of ether oxygens (including phenoxy) is 1. The van der Waals surface area contributed by atoms with E-state index in [1.54, 1.807) is 5.38 Å². The molecule has 15 heavy (non-hydrogen) atoms. The highest BCUT2D eigenvalue weighted by Gasteiger charge is 2.19. The van der Waals surface area contributed by atoms with Crippen molar-refractivity contribution >= 4 is 16.5 Å². The number of anilines is 1. The minimum absolute atomic E-state index is 0.119. The summed E-state index contributed by atoms with van der Waals surface area (Å²) in [4.78, 5) is 6.29. The number of nitrogens with zero attached hydrogens (tertiary/aromatic N) is 2. The third-order valence-corrected chi connectivity index (χ3v) is 3.44. The number of hydrogen-bond acceptors (Lipinski definition) is 5. The third kappa shape index (κ3) is 2.60. The lowest BCUT2D eigenvalue weighted by atomic mass is 10.2. The van der Waals surface area contributed by atoms with E-state index >= 15 is 0 Å². The second-order valence-corrected chi connectivity index (χ2v) is 4.53. The molecule has 1 aromatic heterocycles. The van der Waals surface area contributed by atoms with Gasteiger partial charge in [-0.05, 0) is 12.8 Å². The molecule has 2 heterocycles. The van der Waals surface area contributed by atoms with E-state index in [-0.39, 0.29) is 5.88 Å². The van der Waals surface area contributed by atoms with Gasteiger partial charge < -0.3 is 14.7 Å². The molecule has 84 valence electrons. The van der Waals surface area contributed by atoms with Gasteiger partial charge in [-0.1, -0.05) is 6.92 Å². The lowest BCUT2D eigenvalue weighted by Gasteiger charge is -2.22. The fourth-order valence-electron chi connectivity index (χ4n) is 1.72. The Kier molecular flexibility index (Phi) is 3.43. The van der Waals surface area contributed by atoms with Crippen LogP contribution in [0.5, 0.6) is 5.88 Å². The van der Waals surface area contributed by atoms with Crippen LogP contribution in [0.4, 0.5) is 5.13 Å². The molecule has 1 aromatic rings. The van der Waals surface area contributed by atoms with Crippen molar-refractivity contribution in [2.75, 3.05) is 24.6 Å². The first-order valence-corrected chi connectivity index (χ1v) is 6.18. The predicted octanol–water partition coefficient (Wildman–Crippen LogP) is 1.85. The molecule has 0 aromatic carbocycles. The second-order valence-electron chi connectivity index (χ2n) is 3.69. The van der Waals surface area contributed by atoms with E-state index in [9.17, 15) is 5.11 Å². The van der Waals surface area contributed by atoms with Crippen molar-refractivity contribution in [2.45, 2.75) is 25.9 Å². The Morgan fingerprint density at radius 2 is 2.60 bits per heavy atom. The van der Waals surface area contributed by atoms with Crippen molar-refractivity contribution in [1.82, 2.24) is 4.98 Å². The molecule has 1 aliphatic heterocycles. The first kappa shape index (κ1) is 10.7. The number of hydrogen-bond donors (Lipinski definition) is 1. The highest BCUT2D eigenvalue weighted by atomic mass is 32.1. The summed E-state index contributed by atoms with van der Waals surface area (Å²) in [5.41, 5.74) is 0. The zero-order chi connectivity index (χ0) is 10.7. The van der Waals surface area contributed by atoms with Gasteiger partial charge in [0.2, 0.25) is 5.88 Å². The van der Waals surface area contributed by atoms with Crippen LogP contribution in [0.2, 0.25) is 0 Å². The summed E-state index contributed by atoms with van der Waals surface area (Å²) < 4.78 is 5.68. The van der Waals surface area contributed by atoms with Gasteiger partial charge in [-0.25, -0.2) is 0 Å². The summed E-state index contributed by atoms with van der Waals surface area (Å²) in [5, 5.41) is 11.8. The summed E-state index contributed by atoms with van der Waals surface area (Å²) in [5.74, 6) is 0.119. The molecular weight excluding hydrogens is 212 g/mol. The van der Waals surface area contributed by atoms with Gasteiger partial charge in [-0.3, -0.25) is 0 Å². The smallest absolute Gasteiger partial charge is 0.223 e. The van der Waals surface area contributed by atoms with Crippen LogP contribution >= 0.6 is 11.3 Å². The van der Waals surface area contributed by atoms with Crippen LogP contribution in [-0.2, 0) is 4.74 Å². The largest absolute Gasteiger partial charge is 0.493 e. The van der Waals surface area contributed by atoms with Crippen molar-refractivity contribution in [2.24, 2.45) is 0 Å². The molecule has 4 nitrogen and oxygen atoms in total. The maximum atomic E-state index is 9.22. The fraction of sp³-hybridized carbons (Fsp3) is 0.700. The van der Waals surface area contributed by atoms with Crippen LogP contribution in [0.25, 0.3) is 0 Å². The average molecular weight is 228 g/mol. The molecular formula is C10H16N2O2S. The highest BCUT2D eigenvalue weighted by molar-refractivity contribution is 7.13. The van der Waals surface area contributed by atoms with E-state index in [0.29, 0.717) is 6.10 Å². The van der Waals surface area contributed by atoms with Gasteiger partial charge in [0.05, 0.1) is 11.5 Å². The van der Waals surface area contributed by atoms with Crippen molar-refractivity contribution in [3.05, 3.63) is 5.38 Å². The normalized spacial score (nSPS) is 22.7. The monoisotopic (exact) mass is 228 g/mol. The number of rotatable bonds is 2. The van der Waals surface area contributed by atoms with Gasteiger partial charge in [0.1, 0.15) is 0 Å². The zero-order valence-electron chi connectivity index (χ0n) is 8.85. The van der Waals surface area contributed by atoms with E-state index in [2.05, 4.69) is 16.8 Å². The van der Waals surface area contributed by atoms with Crippen LogP contribution < -0.4 is 4.90 Å². The van der Waals surface area contributed by atoms with Crippen LogP contribution in [0.1, 0.15) is 19.8 Å². The van der Waals surface area contributed by atoms with Crippen molar-refractivity contribution in [1.29, 1.82) is 0 Å². The fourth-order valence-corrected chi connectivity index (χ4v) is 2.44. The van der Waals surface area contributed by atoms with Crippen LogP contribution in [0.3, 0.4) is 0 Å². The Morgan fingerprint density at radius 3 is 3.27 bits per heavy atom. The number of aromatic hydroxyl groups is 1. The molecule has 0 radical (unpaired) electrons. The maximum Gasteiger partial charge on any atom is 0.223 e. The van der Waals surface area contributed by atoms with Gasteiger partial charge in [-0.2, -0.15) is 4.98 Å². The number of aromatic nitrogens is 1. The molecule has 1 aliphatic rings. The van der Waals surface area contributed by atoms with Crippen LogP contribution in [-0.4, -0.2) is 35.9 Å². The number of thiazole rings is 1. The van der Waals surface area contributed by atoms with Crippen molar-refractivity contribution < 1.29 is 9.84 Å². The quantitative estimate of drug-likeness (QED) is 0.839. The van der Waals surface area contributed by atoms with Gasteiger partial charge in [0.15, 0.2) is 5.13 Å². The molecule has 0 saturated carbocycles. The van der Waals surface area contributed by atoms with Crippen molar-refractivity contribution in [3.8, 4) is 5.88 Å². The summed E-state index contributed by atoms with van der Waals surface area (Å²) >= 11 is 1.49. The van der Waals surface area contributed by atoms with E-state index in [4.69, 9.17) is 4.74 Å². The lowest BCUT2D eigenvalue weighted by Crippen LogP contribution is -2.31. The minimum atomic E-state index is 0.119. The van der Waals surface area contributed by atoms with Gasteiger partial charge in [0, 0.05) is 19.7 Å². The van der Waals surface area contributed by atoms with Crippen LogP contribution in [0.15, 0.2) is 5.38 Å². The molecule has 1 atom stereocenters. The van der Waals surface area contributed by atoms with Crippen molar-refractivity contribution in [3.63, 3.8) is 0 Å². The van der Waals surface area contributed by atoms with Gasteiger partial charge in [0.25, 0.3) is 0 Å². The molecule has 0 bridgehead atoms. The van der Waals surface area contributed by atoms with Gasteiger partial charge >= 0.3 is 0 Å². The Labute approximate surface area is 93.5 Å². The Morgan fingerprint density at radius 1 is 1.73 bits per heavy atom. The van der Waals surface area contributed by atoms with E-state index in [1.165, 1.54) is 11.3 Å². The molecule has 1 saturated heterocycles. The molecule has 0 amide bonds. The SMILES string of the molecule is CCC1CN(c2nc(O)cs2)CCCO1. The highest BCUT2D eigenvalue weighted by Crippen LogP contribution is 2.25. The summed E-state index contributed by atoms with van der Waals surface area (Å²) in [6, 6.07) is 0. The summed E-state index contributed by atoms with van der Waals surface area (Å²) in [7, 11) is 0. The predicted molar refractivity (Wildman–Crippen MR) is 60.6 cm³/mol. The molecule has 2 rings (SSSR count). The zero-order valence-corrected chi connectivity index (χ0v) is 9.66. The maximum absolute atomic E-state index is 9.22. The molecule has 1 fully saturated rings. The molecule has 1 N–H and O–H groups in total. The standard InChI is InChI=1S/C10H16N2O2S/c1-2-8-6-12(4-3-5-14-8)10-11-9(13)7-15-10/h7-8,13H,2-6H2,1H3. The first-order chi connectivity index (χ1) is 7.29. The Balaban J connectivity index is 2.07. The topological polar surface area (TPSA) is 45.6 Å². The second kappa shape index (κ2) is 4.81. The molecule has 0 aliphatic carbocycles. The Bertz CT molecular complexity index is 316. The average Bonchev–Trinajstić information content (AvgIpc) is 2.54. The molecule has 5 heteroatoms. The molecule has 1 unspecified atom stereocenters. The van der Waals surface area contributed by atoms with Crippen LogP contribution in [0, 0.1) is 0 Å². The Hall–Kier alpha value is -0.810. The minimum Gasteiger partial charge on any atom is -0.493 e. The summed E-state index contributed by atoms with van der Waals surface area (Å²) in [6.45, 7) is 4.80.